The van der Waals surface area contributed by atoms with Gasteiger partial charge in [0.15, 0.2) is 0 Å². The van der Waals surface area contributed by atoms with Gasteiger partial charge in [-0.2, -0.15) is 0 Å². The van der Waals surface area contributed by atoms with Crippen LogP contribution in [-0.4, -0.2) is 73.2 Å². The number of nitrogens with one attached hydrogen (secondary N) is 1. The zero-order valence-electron chi connectivity index (χ0n) is 12.5. The van der Waals surface area contributed by atoms with Crippen molar-refractivity contribution < 1.29 is 9.90 Å². The van der Waals surface area contributed by atoms with Gasteiger partial charge < -0.3 is 20.2 Å². The van der Waals surface area contributed by atoms with Crippen LogP contribution in [0.15, 0.2) is 0 Å². The van der Waals surface area contributed by atoms with E-state index in [2.05, 4.69) is 15.1 Å². The highest BCUT2D eigenvalue weighted by atomic mass is 16.4. The standard InChI is InChI=1S/C15H29N3O2/c19-15(20)12-16-11-14-5-3-8-18(13-14)10-4-9-17-6-1-2-7-17/h14,16H,1-13H2,(H,19,20). The molecule has 0 aromatic carbocycles. The fraction of sp³-hybridized carbons (Fsp3) is 0.933. The van der Waals surface area contributed by atoms with Crippen LogP contribution >= 0.6 is 0 Å². The summed E-state index contributed by atoms with van der Waals surface area (Å²) in [6, 6.07) is 0. The minimum Gasteiger partial charge on any atom is -0.480 e. The van der Waals surface area contributed by atoms with E-state index in [0.717, 1.165) is 13.1 Å². The van der Waals surface area contributed by atoms with E-state index in [-0.39, 0.29) is 6.54 Å². The van der Waals surface area contributed by atoms with Gasteiger partial charge in [-0.1, -0.05) is 0 Å². The van der Waals surface area contributed by atoms with Crippen LogP contribution < -0.4 is 5.32 Å². The number of nitrogens with zero attached hydrogens (tertiary/aromatic N) is 2. The molecule has 20 heavy (non-hydrogen) atoms. The minimum absolute atomic E-state index is 0.0888. The summed E-state index contributed by atoms with van der Waals surface area (Å²) in [6.07, 6.45) is 6.51. The number of carbonyl (C=O) groups is 1. The van der Waals surface area contributed by atoms with Crippen LogP contribution in [0.2, 0.25) is 0 Å². The molecular formula is C15H29N3O2. The van der Waals surface area contributed by atoms with E-state index in [1.54, 1.807) is 0 Å². The highest BCUT2D eigenvalue weighted by molar-refractivity contribution is 5.68. The summed E-state index contributed by atoms with van der Waals surface area (Å²) in [5.41, 5.74) is 0. The second-order valence-electron chi connectivity index (χ2n) is 6.24. The van der Waals surface area contributed by atoms with Crippen molar-refractivity contribution in [3.05, 3.63) is 0 Å². The maximum Gasteiger partial charge on any atom is 0.317 e. The predicted octanol–water partition coefficient (Wildman–Crippen LogP) is 0.859. The summed E-state index contributed by atoms with van der Waals surface area (Å²) < 4.78 is 0. The second kappa shape index (κ2) is 8.60. The topological polar surface area (TPSA) is 55.8 Å². The van der Waals surface area contributed by atoms with Crippen LogP contribution in [0.3, 0.4) is 0 Å². The van der Waals surface area contributed by atoms with Gasteiger partial charge in [-0.05, 0) is 77.3 Å². The average molecular weight is 283 g/mol. The third kappa shape index (κ3) is 5.77. The maximum absolute atomic E-state index is 10.5. The van der Waals surface area contributed by atoms with Gasteiger partial charge in [0, 0.05) is 6.54 Å². The molecule has 5 nitrogen and oxygen atoms in total. The molecule has 2 heterocycles. The first-order valence-corrected chi connectivity index (χ1v) is 8.11. The van der Waals surface area contributed by atoms with Crippen LogP contribution in [0.1, 0.15) is 32.1 Å². The van der Waals surface area contributed by atoms with Crippen LogP contribution in [0.25, 0.3) is 0 Å². The van der Waals surface area contributed by atoms with Crippen molar-refractivity contribution in [2.75, 3.05) is 52.4 Å². The highest BCUT2D eigenvalue weighted by Gasteiger charge is 2.20. The molecule has 0 radical (unpaired) electrons. The molecule has 0 aromatic rings. The Morgan fingerprint density at radius 2 is 1.80 bits per heavy atom. The van der Waals surface area contributed by atoms with Gasteiger partial charge in [0.25, 0.3) is 0 Å². The first-order valence-electron chi connectivity index (χ1n) is 8.11. The fourth-order valence-electron chi connectivity index (χ4n) is 3.43. The van der Waals surface area contributed by atoms with Crippen LogP contribution in [-0.2, 0) is 4.79 Å². The van der Waals surface area contributed by atoms with Gasteiger partial charge in [0.2, 0.25) is 0 Å². The molecule has 2 saturated heterocycles. The molecule has 1 unspecified atom stereocenters. The average Bonchev–Trinajstić information content (AvgIpc) is 2.92. The summed E-state index contributed by atoms with van der Waals surface area (Å²) in [4.78, 5) is 15.6. The fourth-order valence-corrected chi connectivity index (χ4v) is 3.43. The first kappa shape index (κ1) is 15.7. The van der Waals surface area contributed by atoms with E-state index in [4.69, 9.17) is 5.11 Å². The summed E-state index contributed by atoms with van der Waals surface area (Å²) in [5.74, 6) is -0.141. The Bertz CT molecular complexity index is 293. The Balaban J connectivity index is 1.56. The number of carboxylic acids is 1. The number of likely N-dealkylation sites (tertiary alicyclic amines) is 2. The second-order valence-corrected chi connectivity index (χ2v) is 6.24. The molecule has 0 amide bonds. The molecule has 2 N–H and O–H groups in total. The SMILES string of the molecule is O=C(O)CNCC1CCCN(CCCN2CCCC2)C1. The number of carboxylic acid groups (broad SMARTS) is 1. The molecule has 0 bridgehead atoms. The molecule has 116 valence electrons. The number of hydrogen-bond acceptors (Lipinski definition) is 4. The number of aliphatic carboxylic acids is 1. The van der Waals surface area contributed by atoms with Gasteiger partial charge >= 0.3 is 5.97 Å². The third-order valence-corrected chi connectivity index (χ3v) is 4.46. The molecule has 0 aromatic heterocycles. The molecule has 0 aliphatic carbocycles. The van der Waals surface area contributed by atoms with Crippen molar-refractivity contribution in [3.8, 4) is 0 Å². The van der Waals surface area contributed by atoms with E-state index >= 15 is 0 Å². The van der Waals surface area contributed by atoms with Crippen LogP contribution in [0.4, 0.5) is 0 Å². The van der Waals surface area contributed by atoms with Gasteiger partial charge in [-0.25, -0.2) is 0 Å². The lowest BCUT2D eigenvalue weighted by Gasteiger charge is -2.33. The van der Waals surface area contributed by atoms with E-state index in [9.17, 15) is 4.79 Å². The van der Waals surface area contributed by atoms with Crippen molar-refractivity contribution in [1.82, 2.24) is 15.1 Å². The predicted molar refractivity (Wildman–Crippen MR) is 80.0 cm³/mol. The molecule has 2 aliphatic rings. The molecule has 2 fully saturated rings. The summed E-state index contributed by atoms with van der Waals surface area (Å²) in [5, 5.41) is 11.7. The Labute approximate surface area is 122 Å². The van der Waals surface area contributed by atoms with Crippen molar-refractivity contribution in [2.45, 2.75) is 32.1 Å². The summed E-state index contributed by atoms with van der Waals surface area (Å²) in [6.45, 7) is 8.32. The van der Waals surface area contributed by atoms with Crippen molar-refractivity contribution in [1.29, 1.82) is 0 Å². The van der Waals surface area contributed by atoms with Gasteiger partial charge in [-0.3, -0.25) is 4.79 Å². The van der Waals surface area contributed by atoms with Crippen LogP contribution in [0.5, 0.6) is 0 Å². The zero-order valence-corrected chi connectivity index (χ0v) is 12.5. The molecule has 2 aliphatic heterocycles. The quantitative estimate of drug-likeness (QED) is 0.692. The largest absolute Gasteiger partial charge is 0.480 e. The van der Waals surface area contributed by atoms with Gasteiger partial charge in [0.05, 0.1) is 6.54 Å². The Kier molecular flexibility index (Phi) is 6.76. The lowest BCUT2D eigenvalue weighted by atomic mass is 9.98. The van der Waals surface area contributed by atoms with E-state index in [0.29, 0.717) is 5.92 Å². The summed E-state index contributed by atoms with van der Waals surface area (Å²) >= 11 is 0. The molecule has 0 spiro atoms. The lowest BCUT2D eigenvalue weighted by molar-refractivity contribution is -0.136. The normalized spacial score (nSPS) is 25.1. The first-order chi connectivity index (χ1) is 9.74. The number of rotatable bonds is 8. The minimum atomic E-state index is -0.761. The lowest BCUT2D eigenvalue weighted by Crippen LogP contribution is -2.41. The smallest absolute Gasteiger partial charge is 0.317 e. The third-order valence-electron chi connectivity index (χ3n) is 4.46. The van der Waals surface area contributed by atoms with Crippen molar-refractivity contribution in [3.63, 3.8) is 0 Å². The van der Waals surface area contributed by atoms with E-state index in [1.807, 2.05) is 0 Å². The maximum atomic E-state index is 10.5. The molecule has 1 atom stereocenters. The molecule has 5 heteroatoms. The van der Waals surface area contributed by atoms with Gasteiger partial charge in [0.1, 0.15) is 0 Å². The molecule has 0 saturated carbocycles. The molecule has 2 rings (SSSR count). The van der Waals surface area contributed by atoms with Crippen molar-refractivity contribution in [2.24, 2.45) is 5.92 Å². The van der Waals surface area contributed by atoms with Gasteiger partial charge in [-0.15, -0.1) is 0 Å². The number of hydrogen-bond donors (Lipinski definition) is 2. The Hall–Kier alpha value is -0.650. The van der Waals surface area contributed by atoms with E-state index in [1.165, 1.54) is 64.8 Å². The Morgan fingerprint density at radius 1 is 1.10 bits per heavy atom. The van der Waals surface area contributed by atoms with Crippen molar-refractivity contribution >= 4 is 5.97 Å². The monoisotopic (exact) mass is 283 g/mol. The number of piperidine rings is 1. The Morgan fingerprint density at radius 3 is 2.55 bits per heavy atom. The summed E-state index contributed by atoms with van der Waals surface area (Å²) in [7, 11) is 0. The van der Waals surface area contributed by atoms with Crippen LogP contribution in [0, 0.1) is 5.92 Å². The highest BCUT2D eigenvalue weighted by Crippen LogP contribution is 2.16. The van der Waals surface area contributed by atoms with E-state index < -0.39 is 5.97 Å². The zero-order chi connectivity index (χ0) is 14.2. The molecular weight excluding hydrogens is 254 g/mol.